The summed E-state index contributed by atoms with van der Waals surface area (Å²) in [6.45, 7) is 2.35. The molecule has 3 heteroatoms. The molecule has 1 aliphatic heterocycles. The number of methoxy groups -OCH3 is 1. The molecule has 2 N–H and O–H groups in total. The van der Waals surface area contributed by atoms with Gasteiger partial charge in [-0.2, -0.15) is 0 Å². The number of hydrogen-bond donors (Lipinski definition) is 1. The van der Waals surface area contributed by atoms with Gasteiger partial charge in [0.15, 0.2) is 0 Å². The Kier molecular flexibility index (Phi) is 3.63. The van der Waals surface area contributed by atoms with Gasteiger partial charge in [0.1, 0.15) is 17.1 Å². The van der Waals surface area contributed by atoms with E-state index in [0.717, 1.165) is 42.2 Å². The van der Waals surface area contributed by atoms with Gasteiger partial charge in [-0.1, -0.05) is 19.4 Å². The molecule has 0 saturated heterocycles. The maximum absolute atomic E-state index is 6.44. The summed E-state index contributed by atoms with van der Waals surface area (Å²) in [6.07, 6.45) is 6.99. The fourth-order valence-corrected chi connectivity index (χ4v) is 3.68. The molecule has 1 heterocycles. The minimum atomic E-state index is -0.0520. The van der Waals surface area contributed by atoms with Gasteiger partial charge in [0, 0.05) is 24.1 Å². The molecule has 2 aliphatic rings. The van der Waals surface area contributed by atoms with Crippen LogP contribution in [0.1, 0.15) is 57.1 Å². The summed E-state index contributed by atoms with van der Waals surface area (Å²) in [5, 5.41) is 0. The minimum absolute atomic E-state index is 0.0520. The Balaban J connectivity index is 1.90. The monoisotopic (exact) mass is 275 g/mol. The molecule has 1 aliphatic carbocycles. The van der Waals surface area contributed by atoms with Crippen LogP contribution in [0.2, 0.25) is 0 Å². The second kappa shape index (κ2) is 5.28. The van der Waals surface area contributed by atoms with Crippen molar-refractivity contribution < 1.29 is 9.47 Å². The molecular formula is C17H25NO2. The third kappa shape index (κ3) is 2.51. The largest absolute Gasteiger partial charge is 0.497 e. The van der Waals surface area contributed by atoms with Crippen LogP contribution < -0.4 is 15.2 Å². The fraction of sp³-hybridized carbons (Fsp3) is 0.647. The Morgan fingerprint density at radius 3 is 2.95 bits per heavy atom. The maximum Gasteiger partial charge on any atom is 0.128 e. The molecule has 0 aromatic heterocycles. The van der Waals surface area contributed by atoms with E-state index in [1.54, 1.807) is 7.11 Å². The summed E-state index contributed by atoms with van der Waals surface area (Å²) >= 11 is 0. The molecule has 2 unspecified atom stereocenters. The number of nitrogens with two attached hydrogens (primary N) is 1. The summed E-state index contributed by atoms with van der Waals surface area (Å²) < 4.78 is 11.8. The number of benzene rings is 1. The fourth-order valence-electron chi connectivity index (χ4n) is 3.68. The van der Waals surface area contributed by atoms with Crippen LogP contribution in [0, 0.1) is 5.92 Å². The number of fused-ring (bicyclic) bond motifs is 1. The van der Waals surface area contributed by atoms with E-state index in [4.69, 9.17) is 15.2 Å². The van der Waals surface area contributed by atoms with Gasteiger partial charge >= 0.3 is 0 Å². The molecule has 3 nitrogen and oxygen atoms in total. The molecule has 0 amide bonds. The average molecular weight is 275 g/mol. The third-order valence-electron chi connectivity index (χ3n) is 4.96. The molecule has 3 atom stereocenters. The van der Waals surface area contributed by atoms with Crippen LogP contribution >= 0.6 is 0 Å². The van der Waals surface area contributed by atoms with Crippen LogP contribution in [-0.2, 0) is 0 Å². The first-order valence-electron chi connectivity index (χ1n) is 7.74. The van der Waals surface area contributed by atoms with Crippen LogP contribution in [0.4, 0.5) is 0 Å². The summed E-state index contributed by atoms with van der Waals surface area (Å²) in [5.74, 6) is 2.58. The summed E-state index contributed by atoms with van der Waals surface area (Å²) in [7, 11) is 1.69. The smallest absolute Gasteiger partial charge is 0.128 e. The number of rotatable bonds is 1. The normalized spacial score (nSPS) is 33.1. The molecule has 1 fully saturated rings. The van der Waals surface area contributed by atoms with E-state index >= 15 is 0 Å². The highest BCUT2D eigenvalue weighted by Gasteiger charge is 2.40. The predicted octanol–water partition coefficient (Wildman–Crippen LogP) is 3.82. The highest BCUT2D eigenvalue weighted by molar-refractivity contribution is 5.44. The third-order valence-corrected chi connectivity index (χ3v) is 4.96. The lowest BCUT2D eigenvalue weighted by Gasteiger charge is -2.41. The zero-order valence-corrected chi connectivity index (χ0v) is 12.5. The molecule has 1 aromatic rings. The Hall–Kier alpha value is -1.22. The van der Waals surface area contributed by atoms with Crippen LogP contribution in [-0.4, -0.2) is 12.7 Å². The molecule has 1 spiro atoms. The predicted molar refractivity (Wildman–Crippen MR) is 80.1 cm³/mol. The summed E-state index contributed by atoms with van der Waals surface area (Å²) in [5.41, 5.74) is 7.48. The van der Waals surface area contributed by atoms with E-state index in [1.807, 2.05) is 18.2 Å². The van der Waals surface area contributed by atoms with Crippen molar-refractivity contribution in [3.8, 4) is 11.5 Å². The van der Waals surface area contributed by atoms with Gasteiger partial charge in [-0.25, -0.2) is 0 Å². The Morgan fingerprint density at radius 2 is 2.15 bits per heavy atom. The van der Waals surface area contributed by atoms with Crippen LogP contribution in [0.5, 0.6) is 11.5 Å². The van der Waals surface area contributed by atoms with Gasteiger partial charge in [-0.3, -0.25) is 0 Å². The topological polar surface area (TPSA) is 44.5 Å². The van der Waals surface area contributed by atoms with Gasteiger partial charge in [0.05, 0.1) is 7.11 Å². The Bertz CT molecular complexity index is 488. The maximum atomic E-state index is 6.44. The summed E-state index contributed by atoms with van der Waals surface area (Å²) in [4.78, 5) is 0. The lowest BCUT2D eigenvalue weighted by atomic mass is 9.82. The van der Waals surface area contributed by atoms with Gasteiger partial charge < -0.3 is 15.2 Å². The van der Waals surface area contributed by atoms with Crippen molar-refractivity contribution in [1.29, 1.82) is 0 Å². The first kappa shape index (κ1) is 13.7. The minimum Gasteiger partial charge on any atom is -0.497 e. The van der Waals surface area contributed by atoms with Gasteiger partial charge in [0.2, 0.25) is 0 Å². The van der Waals surface area contributed by atoms with Crippen molar-refractivity contribution in [2.45, 2.75) is 57.1 Å². The van der Waals surface area contributed by atoms with Crippen molar-refractivity contribution in [3.63, 3.8) is 0 Å². The van der Waals surface area contributed by atoms with E-state index in [1.165, 1.54) is 19.3 Å². The Morgan fingerprint density at radius 1 is 1.30 bits per heavy atom. The standard InChI is InChI=1S/C17H25NO2/c1-12-4-3-8-17(9-7-12)11-15(18)14-6-5-13(19-2)10-16(14)20-17/h5-6,10,12,15H,3-4,7-9,11,18H2,1-2H3/t12?,15-,17?/m0/s1. The van der Waals surface area contributed by atoms with Crippen LogP contribution in [0.3, 0.4) is 0 Å². The summed E-state index contributed by atoms with van der Waals surface area (Å²) in [6, 6.07) is 6.09. The lowest BCUT2D eigenvalue weighted by molar-refractivity contribution is 0.0203. The van der Waals surface area contributed by atoms with E-state index in [9.17, 15) is 0 Å². The quantitative estimate of drug-likeness (QED) is 0.847. The lowest BCUT2D eigenvalue weighted by Crippen LogP contribution is -2.42. The SMILES string of the molecule is COc1ccc2c(c1)OC1(CCCC(C)CC1)C[C@@H]2N. The highest BCUT2D eigenvalue weighted by atomic mass is 16.5. The Labute approximate surface area is 121 Å². The molecule has 0 bridgehead atoms. The molecule has 1 saturated carbocycles. The van der Waals surface area contributed by atoms with Crippen molar-refractivity contribution in [2.24, 2.45) is 11.7 Å². The average Bonchev–Trinajstić information content (AvgIpc) is 2.61. The van der Waals surface area contributed by atoms with Crippen LogP contribution in [0.15, 0.2) is 18.2 Å². The molecule has 20 heavy (non-hydrogen) atoms. The van der Waals surface area contributed by atoms with Gasteiger partial charge in [0.25, 0.3) is 0 Å². The van der Waals surface area contributed by atoms with E-state index in [-0.39, 0.29) is 11.6 Å². The van der Waals surface area contributed by atoms with Gasteiger partial charge in [-0.15, -0.1) is 0 Å². The second-order valence-electron chi connectivity index (χ2n) is 6.54. The highest BCUT2D eigenvalue weighted by Crippen LogP contribution is 2.46. The van der Waals surface area contributed by atoms with E-state index in [2.05, 4.69) is 6.92 Å². The van der Waals surface area contributed by atoms with Gasteiger partial charge in [-0.05, 0) is 37.7 Å². The number of ether oxygens (including phenoxy) is 2. The van der Waals surface area contributed by atoms with Crippen LogP contribution in [0.25, 0.3) is 0 Å². The molecule has 0 radical (unpaired) electrons. The van der Waals surface area contributed by atoms with Crippen molar-refractivity contribution in [3.05, 3.63) is 23.8 Å². The molecule has 110 valence electrons. The number of hydrogen-bond acceptors (Lipinski definition) is 3. The molecule has 3 rings (SSSR count). The molecular weight excluding hydrogens is 250 g/mol. The van der Waals surface area contributed by atoms with Crippen molar-refractivity contribution >= 4 is 0 Å². The second-order valence-corrected chi connectivity index (χ2v) is 6.54. The molecule has 1 aromatic carbocycles. The zero-order chi connectivity index (χ0) is 14.2. The first-order valence-corrected chi connectivity index (χ1v) is 7.74. The van der Waals surface area contributed by atoms with Crippen molar-refractivity contribution in [1.82, 2.24) is 0 Å². The van der Waals surface area contributed by atoms with E-state index < -0.39 is 0 Å². The van der Waals surface area contributed by atoms with Crippen molar-refractivity contribution in [2.75, 3.05) is 7.11 Å². The zero-order valence-electron chi connectivity index (χ0n) is 12.5. The van der Waals surface area contributed by atoms with E-state index in [0.29, 0.717) is 0 Å². The first-order chi connectivity index (χ1) is 9.62.